The molecule has 0 atom stereocenters. The van der Waals surface area contributed by atoms with Crippen molar-refractivity contribution in [2.24, 2.45) is 0 Å². The topological polar surface area (TPSA) is 49.6 Å². The van der Waals surface area contributed by atoms with Gasteiger partial charge < -0.3 is 9.80 Å². The minimum absolute atomic E-state index is 0.201. The molecule has 104 valence electrons. The van der Waals surface area contributed by atoms with Gasteiger partial charge in [0.25, 0.3) is 0 Å². The van der Waals surface area contributed by atoms with Crippen LogP contribution in [0.1, 0.15) is 0 Å². The number of anilines is 1. The molecule has 0 aromatic heterocycles. The van der Waals surface area contributed by atoms with Crippen LogP contribution in [0.4, 0.5) is 24.5 Å². The molecule has 1 aromatic rings. The summed E-state index contributed by atoms with van der Waals surface area (Å²) in [6, 6.07) is 0.201. The van der Waals surface area contributed by atoms with E-state index in [9.17, 15) is 23.3 Å². The molecule has 0 bridgehead atoms. The van der Waals surface area contributed by atoms with Crippen molar-refractivity contribution in [2.75, 3.05) is 38.1 Å². The van der Waals surface area contributed by atoms with Crippen LogP contribution in [0, 0.1) is 27.6 Å². The monoisotopic (exact) mass is 275 g/mol. The summed E-state index contributed by atoms with van der Waals surface area (Å²) >= 11 is 0. The number of hydrogen-bond donors (Lipinski definition) is 0. The molecule has 1 aliphatic heterocycles. The van der Waals surface area contributed by atoms with Crippen molar-refractivity contribution in [3.8, 4) is 0 Å². The summed E-state index contributed by atoms with van der Waals surface area (Å²) in [5, 5.41) is 10.9. The number of piperazine rings is 1. The van der Waals surface area contributed by atoms with Crippen molar-refractivity contribution in [3.63, 3.8) is 0 Å². The summed E-state index contributed by atoms with van der Waals surface area (Å²) in [5.41, 5.74) is -1.61. The lowest BCUT2D eigenvalue weighted by atomic mass is 10.2. The fraction of sp³-hybridized carbons (Fsp3) is 0.455. The summed E-state index contributed by atoms with van der Waals surface area (Å²) in [4.78, 5) is 13.1. The van der Waals surface area contributed by atoms with E-state index < -0.39 is 33.7 Å². The highest BCUT2D eigenvalue weighted by Crippen LogP contribution is 2.35. The Kier molecular flexibility index (Phi) is 3.61. The van der Waals surface area contributed by atoms with E-state index in [0.29, 0.717) is 13.1 Å². The third-order valence-electron chi connectivity index (χ3n) is 3.12. The summed E-state index contributed by atoms with van der Waals surface area (Å²) in [6.07, 6.45) is 0. The van der Waals surface area contributed by atoms with Gasteiger partial charge in [-0.1, -0.05) is 0 Å². The first-order valence-corrected chi connectivity index (χ1v) is 5.67. The van der Waals surface area contributed by atoms with Gasteiger partial charge in [-0.05, 0) is 7.05 Å². The zero-order chi connectivity index (χ0) is 14.2. The van der Waals surface area contributed by atoms with Gasteiger partial charge in [0.2, 0.25) is 5.82 Å². The molecule has 1 fully saturated rings. The third-order valence-corrected chi connectivity index (χ3v) is 3.12. The highest BCUT2D eigenvalue weighted by atomic mass is 19.2. The van der Waals surface area contributed by atoms with Crippen LogP contribution in [0.2, 0.25) is 0 Å². The zero-order valence-electron chi connectivity index (χ0n) is 10.2. The Bertz CT molecular complexity index is 516. The average molecular weight is 275 g/mol. The van der Waals surface area contributed by atoms with Gasteiger partial charge in [-0.15, -0.1) is 0 Å². The molecular weight excluding hydrogens is 263 g/mol. The minimum Gasteiger partial charge on any atom is -0.361 e. The first-order chi connectivity index (χ1) is 8.91. The second kappa shape index (κ2) is 5.04. The molecule has 0 spiro atoms. The fourth-order valence-electron chi connectivity index (χ4n) is 2.07. The first kappa shape index (κ1) is 13.6. The van der Waals surface area contributed by atoms with Crippen LogP contribution in [-0.4, -0.2) is 43.0 Å². The van der Waals surface area contributed by atoms with Crippen LogP contribution in [0.3, 0.4) is 0 Å². The van der Waals surface area contributed by atoms with Crippen molar-refractivity contribution in [1.29, 1.82) is 0 Å². The molecule has 1 aromatic carbocycles. The van der Waals surface area contributed by atoms with Crippen molar-refractivity contribution in [1.82, 2.24) is 4.90 Å². The van der Waals surface area contributed by atoms with E-state index in [1.807, 2.05) is 11.9 Å². The number of halogens is 3. The quantitative estimate of drug-likeness (QED) is 0.469. The Morgan fingerprint density at radius 1 is 1.16 bits per heavy atom. The van der Waals surface area contributed by atoms with Gasteiger partial charge in [0.05, 0.1) is 4.92 Å². The Labute approximate surface area is 107 Å². The molecule has 0 aliphatic carbocycles. The maximum absolute atomic E-state index is 13.8. The number of benzene rings is 1. The van der Waals surface area contributed by atoms with Gasteiger partial charge in [-0.2, -0.15) is 4.39 Å². The van der Waals surface area contributed by atoms with Crippen molar-refractivity contribution in [2.45, 2.75) is 0 Å². The predicted molar refractivity (Wildman–Crippen MR) is 62.7 cm³/mol. The lowest BCUT2D eigenvalue weighted by molar-refractivity contribution is -0.387. The summed E-state index contributed by atoms with van der Waals surface area (Å²) in [6.45, 7) is 1.62. The van der Waals surface area contributed by atoms with E-state index in [1.165, 1.54) is 4.90 Å². The second-order valence-corrected chi connectivity index (χ2v) is 4.40. The molecule has 1 aliphatic rings. The summed E-state index contributed by atoms with van der Waals surface area (Å²) in [5.74, 6) is -4.16. The van der Waals surface area contributed by atoms with E-state index in [1.54, 1.807) is 0 Å². The standard InChI is InChI=1S/C11H12F3N3O2/c1-15-2-4-16(5-3-15)11-9(14)7(12)6-8(13)10(11)17(18)19/h6H,2-5H2,1H3. The van der Waals surface area contributed by atoms with E-state index in [-0.39, 0.29) is 19.2 Å². The van der Waals surface area contributed by atoms with Gasteiger partial charge in [-0.25, -0.2) is 8.78 Å². The highest BCUT2D eigenvalue weighted by molar-refractivity contribution is 5.65. The Balaban J connectivity index is 2.51. The van der Waals surface area contributed by atoms with Crippen LogP contribution in [-0.2, 0) is 0 Å². The number of nitro groups is 1. The first-order valence-electron chi connectivity index (χ1n) is 5.67. The van der Waals surface area contributed by atoms with E-state index in [2.05, 4.69) is 0 Å². The van der Waals surface area contributed by atoms with Crippen molar-refractivity contribution >= 4 is 11.4 Å². The predicted octanol–water partition coefficient (Wildman–Crippen LogP) is 1.76. The SMILES string of the molecule is CN1CCN(c2c(F)c(F)cc(F)c2[N+](=O)[O-])CC1. The number of nitro benzene ring substituents is 1. The van der Waals surface area contributed by atoms with Crippen LogP contribution >= 0.6 is 0 Å². The number of nitrogens with zero attached hydrogens (tertiary/aromatic N) is 3. The Morgan fingerprint density at radius 3 is 2.26 bits per heavy atom. The van der Waals surface area contributed by atoms with E-state index >= 15 is 0 Å². The second-order valence-electron chi connectivity index (χ2n) is 4.40. The van der Waals surface area contributed by atoms with Gasteiger partial charge in [-0.3, -0.25) is 10.1 Å². The normalized spacial score (nSPS) is 16.7. The number of hydrogen-bond acceptors (Lipinski definition) is 4. The number of likely N-dealkylation sites (N-methyl/N-ethyl adjacent to an activating group) is 1. The lowest BCUT2D eigenvalue weighted by Crippen LogP contribution is -2.45. The molecule has 5 nitrogen and oxygen atoms in total. The average Bonchev–Trinajstić information content (AvgIpc) is 2.34. The van der Waals surface area contributed by atoms with Crippen LogP contribution < -0.4 is 4.90 Å². The van der Waals surface area contributed by atoms with Crippen LogP contribution in [0.15, 0.2) is 6.07 Å². The molecule has 0 unspecified atom stereocenters. The number of rotatable bonds is 2. The van der Waals surface area contributed by atoms with E-state index in [4.69, 9.17) is 0 Å². The summed E-state index contributed by atoms with van der Waals surface area (Å²) < 4.78 is 40.5. The van der Waals surface area contributed by atoms with E-state index in [0.717, 1.165) is 0 Å². The van der Waals surface area contributed by atoms with Gasteiger partial charge in [0.15, 0.2) is 17.3 Å². The van der Waals surface area contributed by atoms with Crippen molar-refractivity contribution < 1.29 is 18.1 Å². The Morgan fingerprint density at radius 2 is 1.74 bits per heavy atom. The summed E-state index contributed by atoms with van der Waals surface area (Å²) in [7, 11) is 1.84. The third kappa shape index (κ3) is 2.48. The molecule has 8 heteroatoms. The molecule has 1 heterocycles. The smallest absolute Gasteiger partial charge is 0.331 e. The Hall–Kier alpha value is -1.83. The molecule has 0 amide bonds. The molecule has 0 N–H and O–H groups in total. The molecule has 1 saturated heterocycles. The van der Waals surface area contributed by atoms with Gasteiger partial charge in [0, 0.05) is 32.2 Å². The van der Waals surface area contributed by atoms with Crippen LogP contribution in [0.5, 0.6) is 0 Å². The van der Waals surface area contributed by atoms with Crippen molar-refractivity contribution in [3.05, 3.63) is 33.6 Å². The molecule has 19 heavy (non-hydrogen) atoms. The van der Waals surface area contributed by atoms with Crippen LogP contribution in [0.25, 0.3) is 0 Å². The fourth-order valence-corrected chi connectivity index (χ4v) is 2.07. The highest BCUT2D eigenvalue weighted by Gasteiger charge is 2.32. The van der Waals surface area contributed by atoms with Gasteiger partial charge >= 0.3 is 5.69 Å². The lowest BCUT2D eigenvalue weighted by Gasteiger charge is -2.33. The molecular formula is C11H12F3N3O2. The maximum Gasteiger partial charge on any atom is 0.331 e. The van der Waals surface area contributed by atoms with Gasteiger partial charge in [0.1, 0.15) is 0 Å². The molecule has 0 radical (unpaired) electrons. The largest absolute Gasteiger partial charge is 0.361 e. The maximum atomic E-state index is 13.8. The zero-order valence-corrected chi connectivity index (χ0v) is 10.2. The minimum atomic E-state index is -1.42. The molecule has 2 rings (SSSR count). The molecule has 0 saturated carbocycles.